The van der Waals surface area contributed by atoms with E-state index in [0.717, 1.165) is 6.07 Å². The Labute approximate surface area is 117 Å². The molecule has 1 amide bonds. The van der Waals surface area contributed by atoms with Crippen LogP contribution in [-0.4, -0.2) is 23.7 Å². The lowest BCUT2D eigenvalue weighted by molar-refractivity contribution is 0.0898. The third-order valence-corrected chi connectivity index (χ3v) is 2.90. The number of aliphatic hydroxyl groups excluding tert-OH is 1. The van der Waals surface area contributed by atoms with Crippen molar-refractivity contribution in [2.75, 3.05) is 6.61 Å². The van der Waals surface area contributed by atoms with Gasteiger partial charge in [0.25, 0.3) is 5.91 Å². The first-order chi connectivity index (χ1) is 8.73. The van der Waals surface area contributed by atoms with Gasteiger partial charge in [-0.05, 0) is 30.0 Å². The summed E-state index contributed by atoms with van der Waals surface area (Å²) in [6, 6.07) is 3.25. The van der Waals surface area contributed by atoms with Crippen molar-refractivity contribution in [1.82, 2.24) is 5.32 Å². The molecule has 5 heteroatoms. The summed E-state index contributed by atoms with van der Waals surface area (Å²) >= 11 is 5.82. The van der Waals surface area contributed by atoms with Crippen molar-refractivity contribution >= 4 is 17.5 Å². The zero-order valence-corrected chi connectivity index (χ0v) is 12.1. The molecule has 0 saturated carbocycles. The van der Waals surface area contributed by atoms with E-state index in [2.05, 4.69) is 5.32 Å². The van der Waals surface area contributed by atoms with Crippen molar-refractivity contribution in [3.63, 3.8) is 0 Å². The van der Waals surface area contributed by atoms with E-state index in [4.69, 9.17) is 11.6 Å². The van der Waals surface area contributed by atoms with E-state index in [0.29, 0.717) is 6.42 Å². The average molecular weight is 288 g/mol. The van der Waals surface area contributed by atoms with Crippen LogP contribution in [0.1, 0.15) is 37.6 Å². The van der Waals surface area contributed by atoms with Gasteiger partial charge in [-0.15, -0.1) is 0 Å². The highest BCUT2D eigenvalue weighted by Gasteiger charge is 2.21. The molecular formula is C14H19ClFNO2. The number of hydrogen-bond acceptors (Lipinski definition) is 2. The molecule has 0 radical (unpaired) electrons. The van der Waals surface area contributed by atoms with Gasteiger partial charge < -0.3 is 10.4 Å². The Kier molecular flexibility index (Phi) is 5.32. The number of aliphatic hydroxyl groups is 1. The fourth-order valence-electron chi connectivity index (χ4n) is 1.84. The Bertz CT molecular complexity index is 457. The maximum absolute atomic E-state index is 12.9. The second-order valence-corrected chi connectivity index (χ2v) is 6.15. The normalized spacial score (nSPS) is 13.2. The van der Waals surface area contributed by atoms with Crippen LogP contribution in [0.3, 0.4) is 0 Å². The van der Waals surface area contributed by atoms with Crippen LogP contribution in [-0.2, 0) is 0 Å². The molecule has 1 aromatic rings. The van der Waals surface area contributed by atoms with Crippen molar-refractivity contribution < 1.29 is 14.3 Å². The fourth-order valence-corrected chi connectivity index (χ4v) is 2.09. The number of carbonyl (C=O) groups is 1. The topological polar surface area (TPSA) is 49.3 Å². The number of amides is 1. The highest BCUT2D eigenvalue weighted by atomic mass is 35.5. The summed E-state index contributed by atoms with van der Waals surface area (Å²) in [6.07, 6.45) is 0.633. The van der Waals surface area contributed by atoms with E-state index < -0.39 is 11.7 Å². The van der Waals surface area contributed by atoms with Crippen LogP contribution in [0, 0.1) is 11.2 Å². The molecule has 2 N–H and O–H groups in total. The lowest BCUT2D eigenvalue weighted by Gasteiger charge is -2.25. The molecule has 0 bridgehead atoms. The Morgan fingerprint density at radius 2 is 2.11 bits per heavy atom. The molecule has 3 nitrogen and oxygen atoms in total. The summed E-state index contributed by atoms with van der Waals surface area (Å²) in [5, 5.41) is 12.1. The average Bonchev–Trinajstić information content (AvgIpc) is 2.25. The summed E-state index contributed by atoms with van der Waals surface area (Å²) in [5.74, 6) is -0.900. The molecule has 1 rings (SSSR count). The second-order valence-electron chi connectivity index (χ2n) is 5.74. The van der Waals surface area contributed by atoms with E-state index in [1.54, 1.807) is 0 Å². The van der Waals surface area contributed by atoms with Crippen LogP contribution in [0.4, 0.5) is 4.39 Å². The maximum atomic E-state index is 12.9. The highest BCUT2D eigenvalue weighted by molar-refractivity contribution is 6.33. The maximum Gasteiger partial charge on any atom is 0.253 e. The minimum atomic E-state index is -0.491. The largest absolute Gasteiger partial charge is 0.394 e. The van der Waals surface area contributed by atoms with Crippen molar-refractivity contribution in [3.05, 3.63) is 34.6 Å². The van der Waals surface area contributed by atoms with Crippen molar-refractivity contribution in [2.24, 2.45) is 5.41 Å². The second kappa shape index (κ2) is 6.35. The van der Waals surface area contributed by atoms with Gasteiger partial charge in [-0.2, -0.15) is 0 Å². The molecule has 0 fully saturated rings. The van der Waals surface area contributed by atoms with Gasteiger partial charge in [-0.3, -0.25) is 4.79 Å². The summed E-state index contributed by atoms with van der Waals surface area (Å²) in [6.45, 7) is 5.91. The van der Waals surface area contributed by atoms with Crippen LogP contribution < -0.4 is 5.32 Å². The van der Waals surface area contributed by atoms with E-state index in [1.807, 2.05) is 20.8 Å². The Morgan fingerprint density at radius 3 is 2.58 bits per heavy atom. The molecule has 0 aliphatic heterocycles. The zero-order valence-electron chi connectivity index (χ0n) is 11.3. The number of hydrogen-bond donors (Lipinski definition) is 2. The van der Waals surface area contributed by atoms with Gasteiger partial charge in [0.05, 0.1) is 23.2 Å². The molecule has 0 heterocycles. The predicted molar refractivity (Wildman–Crippen MR) is 73.8 cm³/mol. The van der Waals surface area contributed by atoms with Crippen molar-refractivity contribution in [2.45, 2.75) is 33.2 Å². The van der Waals surface area contributed by atoms with Crippen molar-refractivity contribution in [3.8, 4) is 0 Å². The molecule has 19 heavy (non-hydrogen) atoms. The van der Waals surface area contributed by atoms with Gasteiger partial charge in [0.15, 0.2) is 0 Å². The first-order valence-electron chi connectivity index (χ1n) is 6.10. The first-order valence-corrected chi connectivity index (χ1v) is 6.47. The smallest absolute Gasteiger partial charge is 0.253 e. The highest BCUT2D eigenvalue weighted by Crippen LogP contribution is 2.22. The number of carbonyl (C=O) groups excluding carboxylic acids is 1. The lowest BCUT2D eigenvalue weighted by Crippen LogP contribution is -2.40. The van der Waals surface area contributed by atoms with Gasteiger partial charge in [0, 0.05) is 0 Å². The van der Waals surface area contributed by atoms with Gasteiger partial charge in [0.2, 0.25) is 0 Å². The monoisotopic (exact) mass is 287 g/mol. The lowest BCUT2D eigenvalue weighted by atomic mass is 9.88. The van der Waals surface area contributed by atoms with Crippen molar-refractivity contribution in [1.29, 1.82) is 0 Å². The number of halogens is 2. The quantitative estimate of drug-likeness (QED) is 0.894. The molecule has 1 aromatic carbocycles. The van der Waals surface area contributed by atoms with E-state index in [1.165, 1.54) is 12.1 Å². The molecule has 1 atom stereocenters. The SMILES string of the molecule is CC(C)(C)CC(CO)NC(=O)c1ccc(F)cc1Cl. The Balaban J connectivity index is 2.77. The fraction of sp³-hybridized carbons (Fsp3) is 0.500. The van der Waals surface area contributed by atoms with Crippen LogP contribution in [0.5, 0.6) is 0 Å². The van der Waals surface area contributed by atoms with Crippen LogP contribution >= 0.6 is 11.6 Å². The number of nitrogens with one attached hydrogen (secondary N) is 1. The van der Waals surface area contributed by atoms with Gasteiger partial charge >= 0.3 is 0 Å². The van der Waals surface area contributed by atoms with E-state index in [-0.39, 0.29) is 28.6 Å². The molecule has 1 unspecified atom stereocenters. The standard InChI is InChI=1S/C14H19ClFNO2/c1-14(2,3)7-10(8-18)17-13(19)11-5-4-9(16)6-12(11)15/h4-6,10,18H,7-8H2,1-3H3,(H,17,19). The van der Waals surface area contributed by atoms with Crippen LogP contribution in [0.15, 0.2) is 18.2 Å². The number of benzene rings is 1. The van der Waals surface area contributed by atoms with Gasteiger partial charge in [-0.1, -0.05) is 32.4 Å². The van der Waals surface area contributed by atoms with Crippen LogP contribution in [0.25, 0.3) is 0 Å². The van der Waals surface area contributed by atoms with E-state index >= 15 is 0 Å². The van der Waals surface area contributed by atoms with E-state index in [9.17, 15) is 14.3 Å². The third kappa shape index (κ3) is 5.17. The molecule has 0 aliphatic carbocycles. The predicted octanol–water partition coefficient (Wildman–Crippen LogP) is 3.01. The van der Waals surface area contributed by atoms with Gasteiger partial charge in [0.1, 0.15) is 5.82 Å². The Hall–Kier alpha value is -1.13. The van der Waals surface area contributed by atoms with Gasteiger partial charge in [-0.25, -0.2) is 4.39 Å². The number of rotatable bonds is 4. The molecular weight excluding hydrogens is 269 g/mol. The summed E-state index contributed by atoms with van der Waals surface area (Å²) in [4.78, 5) is 12.0. The Morgan fingerprint density at radius 1 is 1.47 bits per heavy atom. The molecule has 106 valence electrons. The summed E-state index contributed by atoms with van der Waals surface area (Å²) in [5.41, 5.74) is 0.184. The molecule has 0 aromatic heterocycles. The summed E-state index contributed by atoms with van der Waals surface area (Å²) in [7, 11) is 0. The molecule has 0 spiro atoms. The minimum absolute atomic E-state index is 0.0206. The zero-order chi connectivity index (χ0) is 14.6. The molecule has 0 aliphatic rings. The summed E-state index contributed by atoms with van der Waals surface area (Å²) < 4.78 is 12.9. The minimum Gasteiger partial charge on any atom is -0.394 e. The third-order valence-electron chi connectivity index (χ3n) is 2.59. The molecule has 0 saturated heterocycles. The first kappa shape index (κ1) is 15.9. The van der Waals surface area contributed by atoms with Crippen LogP contribution in [0.2, 0.25) is 5.02 Å².